The lowest BCUT2D eigenvalue weighted by atomic mass is 10.1. The molecule has 3 aromatic carbocycles. The minimum absolute atomic E-state index is 0.0393. The number of carbonyl (C=O) groups is 1. The summed E-state index contributed by atoms with van der Waals surface area (Å²) < 4.78 is 39.1. The zero-order valence-corrected chi connectivity index (χ0v) is 24.6. The van der Waals surface area contributed by atoms with Crippen LogP contribution in [0, 0.1) is 0 Å². The maximum Gasteiger partial charge on any atom is 0.243 e. The number of anilines is 2. The smallest absolute Gasteiger partial charge is 0.243 e. The summed E-state index contributed by atoms with van der Waals surface area (Å²) in [6.07, 6.45) is 0.410. The third-order valence-electron chi connectivity index (χ3n) is 6.06. The van der Waals surface area contributed by atoms with Gasteiger partial charge in [-0.05, 0) is 48.4 Å². The second-order valence-corrected chi connectivity index (χ2v) is 11.8. The van der Waals surface area contributed by atoms with Crippen molar-refractivity contribution < 1.29 is 22.7 Å². The van der Waals surface area contributed by atoms with Crippen LogP contribution in [-0.4, -0.2) is 58.0 Å². The van der Waals surface area contributed by atoms with Crippen LogP contribution in [-0.2, 0) is 21.2 Å². The molecule has 4 aromatic rings. The molecule has 0 aliphatic rings. The molecule has 0 bridgehead atoms. The molecule has 4 rings (SSSR count). The maximum absolute atomic E-state index is 13.7. The summed E-state index contributed by atoms with van der Waals surface area (Å²) in [5.41, 5.74) is 2.84. The highest BCUT2D eigenvalue weighted by Crippen LogP contribution is 2.33. The third-order valence-corrected chi connectivity index (χ3v) is 9.06. The number of rotatable bonds is 12. The van der Waals surface area contributed by atoms with Crippen molar-refractivity contribution in [3.63, 3.8) is 0 Å². The van der Waals surface area contributed by atoms with Crippen LogP contribution in [0.1, 0.15) is 5.56 Å². The SMILES string of the molecule is CNc1nc(-c2ccc(OC)c(NC(=O)CN(CCc3ccccc3)S(=O)(=O)c3ccc(OC)c(Cl)c3)c2)cs1. The van der Waals surface area contributed by atoms with Gasteiger partial charge in [0.1, 0.15) is 11.5 Å². The van der Waals surface area contributed by atoms with Gasteiger partial charge >= 0.3 is 0 Å². The Morgan fingerprint density at radius 1 is 1.02 bits per heavy atom. The van der Waals surface area contributed by atoms with Gasteiger partial charge < -0.3 is 20.1 Å². The molecule has 0 aliphatic carbocycles. The molecule has 0 radical (unpaired) electrons. The summed E-state index contributed by atoms with van der Waals surface area (Å²) in [5, 5.41) is 8.63. The summed E-state index contributed by atoms with van der Waals surface area (Å²) in [7, 11) is 0.648. The fraction of sp³-hybridized carbons (Fsp3) is 0.214. The normalized spacial score (nSPS) is 11.3. The highest BCUT2D eigenvalue weighted by Gasteiger charge is 2.28. The molecular weight excluding hydrogens is 572 g/mol. The van der Waals surface area contributed by atoms with Crippen LogP contribution in [0.3, 0.4) is 0 Å². The molecule has 0 fully saturated rings. The quantitative estimate of drug-likeness (QED) is 0.224. The van der Waals surface area contributed by atoms with Gasteiger partial charge in [0.2, 0.25) is 15.9 Å². The van der Waals surface area contributed by atoms with Crippen LogP contribution in [0.5, 0.6) is 11.5 Å². The van der Waals surface area contributed by atoms with Gasteiger partial charge in [0.25, 0.3) is 0 Å². The Bertz CT molecular complexity index is 1580. The van der Waals surface area contributed by atoms with Crippen LogP contribution < -0.4 is 20.1 Å². The number of nitrogens with one attached hydrogen (secondary N) is 2. The number of hydrogen-bond acceptors (Lipinski definition) is 8. The van der Waals surface area contributed by atoms with Gasteiger partial charge in [-0.3, -0.25) is 4.79 Å². The molecule has 210 valence electrons. The molecule has 0 unspecified atom stereocenters. The first-order valence-electron chi connectivity index (χ1n) is 12.2. The Balaban J connectivity index is 1.60. The van der Waals surface area contributed by atoms with Gasteiger partial charge in [0.15, 0.2) is 5.13 Å². The summed E-state index contributed by atoms with van der Waals surface area (Å²) >= 11 is 7.68. The molecule has 1 heterocycles. The number of sulfonamides is 1. The predicted molar refractivity (Wildman–Crippen MR) is 159 cm³/mol. The van der Waals surface area contributed by atoms with Crippen molar-refractivity contribution in [2.45, 2.75) is 11.3 Å². The number of nitrogens with zero attached hydrogens (tertiary/aromatic N) is 2. The maximum atomic E-state index is 13.7. The van der Waals surface area contributed by atoms with E-state index in [2.05, 4.69) is 15.6 Å². The number of amides is 1. The first-order chi connectivity index (χ1) is 19.2. The molecule has 40 heavy (non-hydrogen) atoms. The second-order valence-electron chi connectivity index (χ2n) is 8.62. The topological polar surface area (TPSA) is 110 Å². The Kier molecular flexibility index (Phi) is 9.64. The number of halogens is 1. The first kappa shape index (κ1) is 29.3. The van der Waals surface area contributed by atoms with Gasteiger partial charge in [0.05, 0.1) is 42.1 Å². The molecule has 0 spiro atoms. The largest absolute Gasteiger partial charge is 0.495 e. The number of carbonyl (C=O) groups excluding carboxylic acids is 1. The van der Waals surface area contributed by atoms with Crippen LogP contribution in [0.2, 0.25) is 5.02 Å². The minimum atomic E-state index is -4.09. The van der Waals surface area contributed by atoms with Gasteiger partial charge in [-0.15, -0.1) is 11.3 Å². The monoisotopic (exact) mass is 600 g/mol. The van der Waals surface area contributed by atoms with E-state index < -0.39 is 22.5 Å². The molecule has 0 saturated heterocycles. The molecule has 1 amide bonds. The van der Waals surface area contributed by atoms with Crippen molar-refractivity contribution in [2.24, 2.45) is 0 Å². The van der Waals surface area contributed by atoms with E-state index in [0.29, 0.717) is 23.6 Å². The fourth-order valence-corrected chi connectivity index (χ4v) is 6.40. The van der Waals surface area contributed by atoms with E-state index in [1.165, 1.54) is 43.8 Å². The van der Waals surface area contributed by atoms with Crippen molar-refractivity contribution in [3.8, 4) is 22.8 Å². The standard InChI is InChI=1S/C28H29ClN4O5S2/c1-30-28-32-24(18-39-28)20-9-11-26(38-3)23(15-20)31-27(34)17-33(14-13-19-7-5-4-6-8-19)40(35,36)21-10-12-25(37-2)22(29)16-21/h4-12,15-16,18H,13-14,17H2,1-3H3,(H,30,32)(H,31,34). The third kappa shape index (κ3) is 6.92. The van der Waals surface area contributed by atoms with E-state index in [1.807, 2.05) is 41.8 Å². The second kappa shape index (κ2) is 13.1. The van der Waals surface area contributed by atoms with Crippen molar-refractivity contribution in [2.75, 3.05) is 45.0 Å². The molecule has 0 saturated carbocycles. The van der Waals surface area contributed by atoms with E-state index in [1.54, 1.807) is 19.2 Å². The number of methoxy groups -OCH3 is 2. The molecule has 0 atom stereocenters. The van der Waals surface area contributed by atoms with E-state index in [-0.39, 0.29) is 16.5 Å². The van der Waals surface area contributed by atoms with Gasteiger partial charge in [-0.1, -0.05) is 41.9 Å². The Labute approximate surface area is 242 Å². The van der Waals surface area contributed by atoms with E-state index >= 15 is 0 Å². The van der Waals surface area contributed by atoms with Crippen LogP contribution in [0.15, 0.2) is 77.0 Å². The highest BCUT2D eigenvalue weighted by atomic mass is 35.5. The Hall–Kier alpha value is -3.64. The van der Waals surface area contributed by atoms with E-state index in [9.17, 15) is 13.2 Å². The van der Waals surface area contributed by atoms with Crippen molar-refractivity contribution in [1.29, 1.82) is 0 Å². The van der Waals surface area contributed by atoms with Crippen LogP contribution in [0.25, 0.3) is 11.3 Å². The fourth-order valence-electron chi connectivity index (χ4n) is 3.98. The van der Waals surface area contributed by atoms with E-state index in [4.69, 9.17) is 21.1 Å². The van der Waals surface area contributed by atoms with Crippen molar-refractivity contribution in [3.05, 3.63) is 82.7 Å². The lowest BCUT2D eigenvalue weighted by Gasteiger charge is -2.22. The Morgan fingerprint density at radius 3 is 2.40 bits per heavy atom. The average Bonchev–Trinajstić information content (AvgIpc) is 3.45. The first-order valence-corrected chi connectivity index (χ1v) is 14.9. The summed E-state index contributed by atoms with van der Waals surface area (Å²) in [5.74, 6) is 0.255. The molecular formula is C28H29ClN4O5S2. The molecule has 12 heteroatoms. The molecule has 9 nitrogen and oxygen atoms in total. The molecule has 0 aliphatic heterocycles. The predicted octanol–water partition coefficient (Wildman–Crippen LogP) is 5.39. The number of thiazole rings is 1. The van der Waals surface area contributed by atoms with Gasteiger partial charge in [-0.25, -0.2) is 13.4 Å². The van der Waals surface area contributed by atoms with Crippen LogP contribution >= 0.6 is 22.9 Å². The number of aromatic nitrogens is 1. The van der Waals surface area contributed by atoms with Gasteiger partial charge in [-0.2, -0.15) is 4.31 Å². The lowest BCUT2D eigenvalue weighted by Crippen LogP contribution is -2.39. The minimum Gasteiger partial charge on any atom is -0.495 e. The zero-order valence-electron chi connectivity index (χ0n) is 22.2. The van der Waals surface area contributed by atoms with Crippen molar-refractivity contribution >= 4 is 49.7 Å². The number of benzene rings is 3. The Morgan fingerprint density at radius 2 is 1.75 bits per heavy atom. The summed E-state index contributed by atoms with van der Waals surface area (Å²) in [4.78, 5) is 17.8. The molecule has 2 N–H and O–H groups in total. The number of ether oxygens (including phenoxy) is 2. The number of hydrogen-bond donors (Lipinski definition) is 2. The van der Waals surface area contributed by atoms with Crippen molar-refractivity contribution in [1.82, 2.24) is 9.29 Å². The lowest BCUT2D eigenvalue weighted by molar-refractivity contribution is -0.116. The van der Waals surface area contributed by atoms with Crippen LogP contribution in [0.4, 0.5) is 10.8 Å². The summed E-state index contributed by atoms with van der Waals surface area (Å²) in [6.45, 7) is -0.348. The highest BCUT2D eigenvalue weighted by molar-refractivity contribution is 7.89. The van der Waals surface area contributed by atoms with E-state index in [0.717, 1.165) is 26.3 Å². The summed E-state index contributed by atoms with van der Waals surface area (Å²) in [6, 6.07) is 19.0. The average molecular weight is 601 g/mol. The van der Waals surface area contributed by atoms with Gasteiger partial charge in [0, 0.05) is 24.5 Å². The zero-order chi connectivity index (χ0) is 28.7. The molecule has 1 aromatic heterocycles.